The fourth-order valence-electron chi connectivity index (χ4n) is 1.82. The van der Waals surface area contributed by atoms with Gasteiger partial charge < -0.3 is 15.2 Å². The quantitative estimate of drug-likeness (QED) is 0.855. The van der Waals surface area contributed by atoms with Gasteiger partial charge in [-0.3, -0.25) is 0 Å². The van der Waals surface area contributed by atoms with E-state index in [-0.39, 0.29) is 18.9 Å². The standard InChI is InChI=1S/C15H13F4NO2/c16-12-4-1-10(2-5-12)11-3-6-13(22-15(17,18)19)14(9-11)21-8-7-20/h1-6,9H,7-8,20H2. The van der Waals surface area contributed by atoms with Crippen LogP contribution in [0.5, 0.6) is 11.5 Å². The van der Waals surface area contributed by atoms with Crippen molar-refractivity contribution in [1.82, 2.24) is 0 Å². The van der Waals surface area contributed by atoms with E-state index in [1.807, 2.05) is 0 Å². The van der Waals surface area contributed by atoms with Crippen LogP contribution < -0.4 is 15.2 Å². The molecule has 0 bridgehead atoms. The van der Waals surface area contributed by atoms with Crippen LogP contribution in [-0.4, -0.2) is 19.5 Å². The highest BCUT2D eigenvalue weighted by Crippen LogP contribution is 2.36. The fraction of sp³-hybridized carbons (Fsp3) is 0.200. The predicted octanol–water partition coefficient (Wildman–Crippen LogP) is 3.73. The van der Waals surface area contributed by atoms with Crippen LogP contribution >= 0.6 is 0 Å². The summed E-state index contributed by atoms with van der Waals surface area (Å²) in [6.45, 7) is 0.188. The van der Waals surface area contributed by atoms with Gasteiger partial charge in [-0.05, 0) is 35.4 Å². The SMILES string of the molecule is NCCOc1cc(-c2ccc(F)cc2)ccc1OC(F)(F)F. The summed E-state index contributed by atoms with van der Waals surface area (Å²) in [5.41, 5.74) is 6.50. The molecule has 0 atom stereocenters. The number of benzene rings is 2. The van der Waals surface area contributed by atoms with E-state index in [1.54, 1.807) is 0 Å². The number of hydrogen-bond donors (Lipinski definition) is 1. The van der Waals surface area contributed by atoms with Crippen molar-refractivity contribution >= 4 is 0 Å². The summed E-state index contributed by atoms with van der Waals surface area (Å²) in [5.74, 6) is -0.934. The smallest absolute Gasteiger partial charge is 0.488 e. The maximum absolute atomic E-state index is 12.9. The number of halogens is 4. The molecule has 0 saturated heterocycles. The topological polar surface area (TPSA) is 44.5 Å². The minimum Gasteiger partial charge on any atom is -0.488 e. The molecule has 0 saturated carbocycles. The first-order chi connectivity index (χ1) is 10.4. The van der Waals surface area contributed by atoms with Crippen molar-refractivity contribution in [2.75, 3.05) is 13.2 Å². The van der Waals surface area contributed by atoms with Crippen LogP contribution in [0.15, 0.2) is 42.5 Å². The van der Waals surface area contributed by atoms with E-state index in [1.165, 1.54) is 36.4 Å². The lowest BCUT2D eigenvalue weighted by molar-refractivity contribution is -0.275. The minimum atomic E-state index is -4.82. The van der Waals surface area contributed by atoms with Crippen LogP contribution in [0.2, 0.25) is 0 Å². The summed E-state index contributed by atoms with van der Waals surface area (Å²) >= 11 is 0. The van der Waals surface area contributed by atoms with Crippen LogP contribution in [0.4, 0.5) is 17.6 Å². The molecule has 0 fully saturated rings. The van der Waals surface area contributed by atoms with Gasteiger partial charge in [0.25, 0.3) is 0 Å². The second-order valence-electron chi connectivity index (χ2n) is 4.35. The Bertz CT molecular complexity index is 626. The Morgan fingerprint density at radius 1 is 0.909 bits per heavy atom. The monoisotopic (exact) mass is 315 g/mol. The minimum absolute atomic E-state index is 0.0427. The van der Waals surface area contributed by atoms with E-state index in [9.17, 15) is 17.6 Å². The van der Waals surface area contributed by atoms with Gasteiger partial charge in [-0.15, -0.1) is 13.2 Å². The largest absolute Gasteiger partial charge is 0.573 e. The van der Waals surface area contributed by atoms with Gasteiger partial charge in [0, 0.05) is 6.54 Å². The van der Waals surface area contributed by atoms with Crippen molar-refractivity contribution in [1.29, 1.82) is 0 Å². The van der Waals surface area contributed by atoms with Crippen molar-refractivity contribution in [2.45, 2.75) is 6.36 Å². The normalized spacial score (nSPS) is 11.3. The van der Waals surface area contributed by atoms with Crippen LogP contribution in [0, 0.1) is 5.82 Å². The number of hydrogen-bond acceptors (Lipinski definition) is 3. The van der Waals surface area contributed by atoms with Gasteiger partial charge in [0.2, 0.25) is 0 Å². The highest BCUT2D eigenvalue weighted by molar-refractivity contribution is 5.67. The third kappa shape index (κ3) is 4.36. The number of rotatable bonds is 5. The molecule has 2 rings (SSSR count). The van der Waals surface area contributed by atoms with Crippen LogP contribution in [0.3, 0.4) is 0 Å². The highest BCUT2D eigenvalue weighted by atomic mass is 19.4. The number of ether oxygens (including phenoxy) is 2. The van der Waals surface area contributed by atoms with Crippen molar-refractivity contribution in [3.8, 4) is 22.6 Å². The molecule has 0 amide bonds. The summed E-state index contributed by atoms with van der Waals surface area (Å²) in [5, 5.41) is 0. The second kappa shape index (κ2) is 6.65. The highest BCUT2D eigenvalue weighted by Gasteiger charge is 2.32. The first-order valence-electron chi connectivity index (χ1n) is 6.37. The summed E-state index contributed by atoms with van der Waals surface area (Å²) in [6, 6.07) is 9.53. The van der Waals surface area contributed by atoms with Crippen molar-refractivity contribution in [3.05, 3.63) is 48.3 Å². The summed E-state index contributed by atoms with van der Waals surface area (Å²) in [7, 11) is 0. The molecule has 2 aromatic carbocycles. The number of alkyl halides is 3. The maximum atomic E-state index is 12.9. The Balaban J connectivity index is 2.35. The molecule has 0 heterocycles. The van der Waals surface area contributed by atoms with Gasteiger partial charge in [-0.2, -0.15) is 0 Å². The Labute approximate surface area is 124 Å². The molecule has 0 unspecified atom stereocenters. The molecular weight excluding hydrogens is 302 g/mol. The van der Waals surface area contributed by atoms with Crippen molar-refractivity contribution in [3.63, 3.8) is 0 Å². The fourth-order valence-corrected chi connectivity index (χ4v) is 1.82. The number of nitrogens with two attached hydrogens (primary N) is 1. The van der Waals surface area contributed by atoms with Gasteiger partial charge in [0.05, 0.1) is 0 Å². The molecule has 0 radical (unpaired) electrons. The van der Waals surface area contributed by atoms with Gasteiger partial charge in [-0.1, -0.05) is 18.2 Å². The molecule has 0 spiro atoms. The first-order valence-corrected chi connectivity index (χ1v) is 6.37. The molecule has 0 aliphatic heterocycles. The van der Waals surface area contributed by atoms with Crippen LogP contribution in [0.25, 0.3) is 11.1 Å². The first kappa shape index (κ1) is 16.1. The molecular formula is C15H13F4NO2. The summed E-state index contributed by atoms with van der Waals surface area (Å²) in [4.78, 5) is 0. The molecule has 2 N–H and O–H groups in total. The summed E-state index contributed by atoms with van der Waals surface area (Å²) in [6.07, 6.45) is -4.82. The molecule has 0 aromatic heterocycles. The predicted molar refractivity (Wildman–Crippen MR) is 73.1 cm³/mol. The van der Waals surface area contributed by atoms with E-state index >= 15 is 0 Å². The Hall–Kier alpha value is -2.28. The van der Waals surface area contributed by atoms with Gasteiger partial charge in [0.1, 0.15) is 12.4 Å². The molecule has 0 aliphatic carbocycles. The van der Waals surface area contributed by atoms with Crippen LogP contribution in [0.1, 0.15) is 0 Å². The molecule has 22 heavy (non-hydrogen) atoms. The van der Waals surface area contributed by atoms with Crippen LogP contribution in [-0.2, 0) is 0 Å². The van der Waals surface area contributed by atoms with E-state index in [0.717, 1.165) is 6.07 Å². The van der Waals surface area contributed by atoms with E-state index in [4.69, 9.17) is 10.5 Å². The Morgan fingerprint density at radius 3 is 2.14 bits per heavy atom. The lowest BCUT2D eigenvalue weighted by Gasteiger charge is -2.15. The third-order valence-electron chi connectivity index (χ3n) is 2.72. The zero-order chi connectivity index (χ0) is 16.2. The Morgan fingerprint density at radius 2 is 1.55 bits per heavy atom. The summed E-state index contributed by atoms with van der Waals surface area (Å²) < 4.78 is 59.1. The second-order valence-corrected chi connectivity index (χ2v) is 4.35. The Kier molecular flexibility index (Phi) is 4.87. The molecule has 2 aromatic rings. The zero-order valence-corrected chi connectivity index (χ0v) is 11.4. The van der Waals surface area contributed by atoms with Gasteiger partial charge >= 0.3 is 6.36 Å². The zero-order valence-electron chi connectivity index (χ0n) is 11.4. The third-order valence-corrected chi connectivity index (χ3v) is 2.72. The molecule has 7 heteroatoms. The lowest BCUT2D eigenvalue weighted by Crippen LogP contribution is -2.18. The van der Waals surface area contributed by atoms with Gasteiger partial charge in [0.15, 0.2) is 11.5 Å². The van der Waals surface area contributed by atoms with E-state index in [0.29, 0.717) is 11.1 Å². The molecule has 118 valence electrons. The lowest BCUT2D eigenvalue weighted by atomic mass is 10.1. The van der Waals surface area contributed by atoms with E-state index < -0.39 is 17.9 Å². The average molecular weight is 315 g/mol. The average Bonchev–Trinajstić information content (AvgIpc) is 2.45. The van der Waals surface area contributed by atoms with Crippen molar-refractivity contribution < 1.29 is 27.0 Å². The van der Waals surface area contributed by atoms with Crippen molar-refractivity contribution in [2.24, 2.45) is 5.73 Å². The molecule has 3 nitrogen and oxygen atoms in total. The van der Waals surface area contributed by atoms with E-state index in [2.05, 4.69) is 4.74 Å². The maximum Gasteiger partial charge on any atom is 0.573 e. The van der Waals surface area contributed by atoms with Gasteiger partial charge in [-0.25, -0.2) is 4.39 Å². The molecule has 0 aliphatic rings.